The number of para-hydroxylation sites is 1. The summed E-state index contributed by atoms with van der Waals surface area (Å²) in [5.41, 5.74) is 8.52. The fourth-order valence-electron chi connectivity index (χ4n) is 4.68. The zero-order valence-electron chi connectivity index (χ0n) is 17.7. The van der Waals surface area contributed by atoms with Crippen LogP contribution in [0.2, 0.25) is 0 Å². The lowest BCUT2D eigenvalue weighted by Gasteiger charge is -2.28. The monoisotopic (exact) mass is 405 g/mol. The van der Waals surface area contributed by atoms with Crippen LogP contribution >= 0.6 is 0 Å². The Morgan fingerprint density at radius 2 is 1.26 bits per heavy atom. The van der Waals surface area contributed by atoms with Crippen molar-refractivity contribution in [3.8, 4) is 11.1 Å². The van der Waals surface area contributed by atoms with Crippen LogP contribution in [0.25, 0.3) is 11.1 Å². The summed E-state index contributed by atoms with van der Waals surface area (Å²) in [4.78, 5) is 2.16. The van der Waals surface area contributed by atoms with Crippen LogP contribution in [0.5, 0.6) is 0 Å². The summed E-state index contributed by atoms with van der Waals surface area (Å²) in [7, 11) is -1.51. The second kappa shape index (κ2) is 7.42. The molecular formula is C27H24BNO2. The molecule has 3 nitrogen and oxygen atoms in total. The third-order valence-corrected chi connectivity index (χ3v) is 6.27. The zero-order valence-corrected chi connectivity index (χ0v) is 17.7. The first-order valence-electron chi connectivity index (χ1n) is 10.5. The largest absolute Gasteiger partial charge is 0.488 e. The number of anilines is 3. The van der Waals surface area contributed by atoms with Crippen molar-refractivity contribution in [3.63, 3.8) is 0 Å². The molecule has 0 saturated heterocycles. The molecule has 1 aliphatic carbocycles. The molecule has 0 radical (unpaired) electrons. The standard InChI is InChI=1S/C27H24BNO2/c1-27(2)25-14-7-6-13-23(25)24-16-15-22(18-26(24)27)29(20-10-4-3-5-11-20)21-12-8-9-19(17-21)28(30)31/h3-18,30-31H,1-2H3. The Balaban J connectivity index is 1.69. The molecule has 0 amide bonds. The van der Waals surface area contributed by atoms with Gasteiger partial charge in [0.15, 0.2) is 0 Å². The van der Waals surface area contributed by atoms with Gasteiger partial charge in [-0.3, -0.25) is 0 Å². The molecule has 4 aromatic carbocycles. The normalized spacial score (nSPS) is 13.4. The van der Waals surface area contributed by atoms with Gasteiger partial charge in [-0.1, -0.05) is 74.5 Å². The summed E-state index contributed by atoms with van der Waals surface area (Å²) in [5, 5.41) is 19.4. The van der Waals surface area contributed by atoms with Crippen LogP contribution in [0.4, 0.5) is 17.1 Å². The number of hydrogen-bond donors (Lipinski definition) is 2. The first-order chi connectivity index (χ1) is 15.0. The third kappa shape index (κ3) is 3.25. The molecule has 0 unspecified atom stereocenters. The summed E-state index contributed by atoms with van der Waals surface area (Å²) >= 11 is 0. The molecular weight excluding hydrogens is 381 g/mol. The van der Waals surface area contributed by atoms with Gasteiger partial charge in [0.2, 0.25) is 0 Å². The molecule has 0 heterocycles. The van der Waals surface area contributed by atoms with Crippen LogP contribution in [0.1, 0.15) is 25.0 Å². The molecule has 5 rings (SSSR count). The lowest BCUT2D eigenvalue weighted by molar-refractivity contribution is 0.426. The zero-order chi connectivity index (χ0) is 21.6. The van der Waals surface area contributed by atoms with Crippen molar-refractivity contribution in [1.82, 2.24) is 0 Å². The van der Waals surface area contributed by atoms with Crippen LogP contribution in [-0.2, 0) is 5.41 Å². The van der Waals surface area contributed by atoms with E-state index in [-0.39, 0.29) is 5.41 Å². The molecule has 0 bridgehead atoms. The number of rotatable bonds is 4. The maximum Gasteiger partial charge on any atom is 0.488 e. The minimum atomic E-state index is -1.51. The third-order valence-electron chi connectivity index (χ3n) is 6.27. The Morgan fingerprint density at radius 1 is 0.613 bits per heavy atom. The average Bonchev–Trinajstić information content (AvgIpc) is 3.02. The fraction of sp³-hybridized carbons (Fsp3) is 0.111. The molecule has 2 N–H and O–H groups in total. The Bertz CT molecular complexity index is 1250. The van der Waals surface area contributed by atoms with Crippen LogP contribution in [0.15, 0.2) is 97.1 Å². The van der Waals surface area contributed by atoms with Crippen molar-refractivity contribution in [2.24, 2.45) is 0 Å². The van der Waals surface area contributed by atoms with E-state index in [1.807, 2.05) is 36.4 Å². The lowest BCUT2D eigenvalue weighted by atomic mass is 9.80. The number of hydrogen-bond acceptors (Lipinski definition) is 3. The van der Waals surface area contributed by atoms with Gasteiger partial charge in [-0.05, 0) is 64.1 Å². The van der Waals surface area contributed by atoms with E-state index in [2.05, 4.69) is 73.3 Å². The molecule has 4 heteroatoms. The van der Waals surface area contributed by atoms with E-state index < -0.39 is 7.12 Å². The molecule has 0 atom stereocenters. The van der Waals surface area contributed by atoms with Gasteiger partial charge in [0, 0.05) is 22.5 Å². The maximum atomic E-state index is 9.70. The predicted molar refractivity (Wildman–Crippen MR) is 129 cm³/mol. The van der Waals surface area contributed by atoms with E-state index in [4.69, 9.17) is 0 Å². The molecule has 0 aromatic heterocycles. The van der Waals surface area contributed by atoms with E-state index in [0.29, 0.717) is 5.46 Å². The summed E-state index contributed by atoms with van der Waals surface area (Å²) in [6.45, 7) is 4.55. The van der Waals surface area contributed by atoms with Gasteiger partial charge in [-0.2, -0.15) is 0 Å². The van der Waals surface area contributed by atoms with E-state index >= 15 is 0 Å². The maximum absolute atomic E-state index is 9.70. The second-order valence-electron chi connectivity index (χ2n) is 8.54. The van der Waals surface area contributed by atoms with Crippen LogP contribution in [0, 0.1) is 0 Å². The SMILES string of the molecule is CC1(C)c2ccccc2-c2ccc(N(c3ccccc3)c3cccc(B(O)O)c3)cc21. The van der Waals surface area contributed by atoms with Gasteiger partial charge < -0.3 is 14.9 Å². The summed E-state index contributed by atoms with van der Waals surface area (Å²) in [5.74, 6) is 0. The van der Waals surface area contributed by atoms with Crippen molar-refractivity contribution in [3.05, 3.63) is 108 Å². The topological polar surface area (TPSA) is 43.7 Å². The molecule has 0 spiro atoms. The Kier molecular flexibility index (Phi) is 4.69. The smallest absolute Gasteiger partial charge is 0.423 e. The highest BCUT2D eigenvalue weighted by molar-refractivity contribution is 6.58. The van der Waals surface area contributed by atoms with Gasteiger partial charge in [0.05, 0.1) is 0 Å². The molecule has 0 saturated carbocycles. The van der Waals surface area contributed by atoms with Crippen molar-refractivity contribution >= 4 is 29.6 Å². The summed E-state index contributed by atoms with van der Waals surface area (Å²) in [6, 6.07) is 32.8. The van der Waals surface area contributed by atoms with E-state index in [1.54, 1.807) is 6.07 Å². The van der Waals surface area contributed by atoms with Crippen molar-refractivity contribution in [2.75, 3.05) is 4.90 Å². The van der Waals surface area contributed by atoms with Crippen molar-refractivity contribution in [1.29, 1.82) is 0 Å². The van der Waals surface area contributed by atoms with Gasteiger partial charge >= 0.3 is 7.12 Å². The van der Waals surface area contributed by atoms with E-state index in [0.717, 1.165) is 17.1 Å². The Morgan fingerprint density at radius 3 is 2.03 bits per heavy atom. The van der Waals surface area contributed by atoms with Crippen molar-refractivity contribution < 1.29 is 10.0 Å². The predicted octanol–water partition coefficient (Wildman–Crippen LogP) is 5.14. The van der Waals surface area contributed by atoms with Gasteiger partial charge in [0.1, 0.15) is 0 Å². The number of fused-ring (bicyclic) bond motifs is 3. The lowest BCUT2D eigenvalue weighted by Crippen LogP contribution is -2.30. The second-order valence-corrected chi connectivity index (χ2v) is 8.54. The van der Waals surface area contributed by atoms with Gasteiger partial charge in [-0.15, -0.1) is 0 Å². The van der Waals surface area contributed by atoms with Crippen LogP contribution in [0.3, 0.4) is 0 Å². The first-order valence-corrected chi connectivity index (χ1v) is 10.5. The highest BCUT2D eigenvalue weighted by Crippen LogP contribution is 2.50. The highest BCUT2D eigenvalue weighted by atomic mass is 16.4. The average molecular weight is 405 g/mol. The fourth-order valence-corrected chi connectivity index (χ4v) is 4.68. The molecule has 4 aromatic rings. The minimum absolute atomic E-state index is 0.0898. The molecule has 1 aliphatic rings. The first kappa shape index (κ1) is 19.6. The molecule has 31 heavy (non-hydrogen) atoms. The van der Waals surface area contributed by atoms with Gasteiger partial charge in [0.25, 0.3) is 0 Å². The van der Waals surface area contributed by atoms with Crippen molar-refractivity contribution in [2.45, 2.75) is 19.3 Å². The number of nitrogens with zero attached hydrogens (tertiary/aromatic N) is 1. The Hall–Kier alpha value is -3.34. The van der Waals surface area contributed by atoms with E-state index in [1.165, 1.54) is 22.3 Å². The molecule has 152 valence electrons. The summed E-state index contributed by atoms with van der Waals surface area (Å²) in [6.07, 6.45) is 0. The van der Waals surface area contributed by atoms with Crippen LogP contribution < -0.4 is 10.4 Å². The molecule has 0 fully saturated rings. The summed E-state index contributed by atoms with van der Waals surface area (Å²) < 4.78 is 0. The Labute approximate surface area is 183 Å². The minimum Gasteiger partial charge on any atom is -0.423 e. The number of benzene rings is 4. The molecule has 0 aliphatic heterocycles. The van der Waals surface area contributed by atoms with E-state index in [9.17, 15) is 10.0 Å². The van der Waals surface area contributed by atoms with Crippen LogP contribution in [-0.4, -0.2) is 17.2 Å². The van der Waals surface area contributed by atoms with Gasteiger partial charge in [-0.25, -0.2) is 0 Å². The highest BCUT2D eigenvalue weighted by Gasteiger charge is 2.35. The quantitative estimate of drug-likeness (QED) is 0.462.